The molecule has 0 atom stereocenters. The van der Waals surface area contributed by atoms with Gasteiger partial charge in [-0.3, -0.25) is 15.0 Å². The lowest BCUT2D eigenvalue weighted by molar-refractivity contribution is -0.123. The molecule has 30 heavy (non-hydrogen) atoms. The zero-order valence-corrected chi connectivity index (χ0v) is 17.4. The first kappa shape index (κ1) is 21.5. The van der Waals surface area contributed by atoms with Crippen molar-refractivity contribution in [2.24, 2.45) is 0 Å². The Kier molecular flexibility index (Phi) is 7.19. The van der Waals surface area contributed by atoms with Gasteiger partial charge in [-0.2, -0.15) is 0 Å². The second kappa shape index (κ2) is 10.0. The Labute approximate surface area is 176 Å². The molecule has 0 radical (unpaired) electrons. The fourth-order valence-corrected chi connectivity index (χ4v) is 3.30. The fourth-order valence-electron chi connectivity index (χ4n) is 3.30. The van der Waals surface area contributed by atoms with Crippen molar-refractivity contribution in [3.8, 4) is 0 Å². The van der Waals surface area contributed by atoms with Crippen molar-refractivity contribution in [1.82, 2.24) is 10.2 Å². The maximum Gasteiger partial charge on any atom is 0.338 e. The van der Waals surface area contributed by atoms with E-state index in [9.17, 15) is 14.4 Å². The largest absolute Gasteiger partial charge is 0.452 e. The molecule has 1 saturated heterocycles. The van der Waals surface area contributed by atoms with Crippen LogP contribution in [0.3, 0.4) is 0 Å². The molecular weight excluding hydrogens is 382 g/mol. The molecule has 1 heterocycles. The van der Waals surface area contributed by atoms with Crippen LogP contribution >= 0.6 is 0 Å². The highest BCUT2D eigenvalue weighted by atomic mass is 16.5. The van der Waals surface area contributed by atoms with Crippen LogP contribution in [0.15, 0.2) is 42.5 Å². The summed E-state index contributed by atoms with van der Waals surface area (Å²) in [6.07, 6.45) is 2.46. The van der Waals surface area contributed by atoms with Crippen LogP contribution in [0.2, 0.25) is 0 Å². The summed E-state index contributed by atoms with van der Waals surface area (Å²) in [5.41, 5.74) is 4.21. The summed E-state index contributed by atoms with van der Waals surface area (Å²) >= 11 is 0. The number of urea groups is 1. The van der Waals surface area contributed by atoms with E-state index in [-0.39, 0.29) is 0 Å². The van der Waals surface area contributed by atoms with Crippen LogP contribution < -0.4 is 10.6 Å². The number of benzene rings is 2. The minimum atomic E-state index is -0.699. The highest BCUT2D eigenvalue weighted by Gasteiger charge is 2.14. The second-order valence-electron chi connectivity index (χ2n) is 7.56. The number of nitrogens with zero attached hydrogens (tertiary/aromatic N) is 1. The summed E-state index contributed by atoms with van der Waals surface area (Å²) in [7, 11) is 0. The first-order valence-electron chi connectivity index (χ1n) is 10.1. The number of carbonyl (C=O) groups excluding carboxylic acids is 3. The minimum Gasteiger partial charge on any atom is -0.452 e. The number of likely N-dealkylation sites (tertiary alicyclic amines) is 1. The molecule has 7 heteroatoms. The number of aryl methyl sites for hydroxylation is 2. The van der Waals surface area contributed by atoms with Crippen LogP contribution in [-0.2, 0) is 16.1 Å². The molecule has 0 saturated carbocycles. The van der Waals surface area contributed by atoms with Crippen molar-refractivity contribution < 1.29 is 19.1 Å². The topological polar surface area (TPSA) is 87.7 Å². The molecule has 2 aromatic rings. The summed E-state index contributed by atoms with van der Waals surface area (Å²) in [5.74, 6) is -1.30. The number of imide groups is 1. The summed E-state index contributed by atoms with van der Waals surface area (Å²) < 4.78 is 5.01. The summed E-state index contributed by atoms with van der Waals surface area (Å²) in [6.45, 7) is 6.45. The van der Waals surface area contributed by atoms with Gasteiger partial charge in [0, 0.05) is 12.2 Å². The van der Waals surface area contributed by atoms with Gasteiger partial charge in [-0.25, -0.2) is 9.59 Å². The van der Waals surface area contributed by atoms with Crippen LogP contribution in [0, 0.1) is 13.8 Å². The van der Waals surface area contributed by atoms with E-state index < -0.39 is 24.5 Å². The quantitative estimate of drug-likeness (QED) is 0.714. The van der Waals surface area contributed by atoms with Crippen LogP contribution in [0.25, 0.3) is 0 Å². The van der Waals surface area contributed by atoms with E-state index in [2.05, 4.69) is 15.5 Å². The molecule has 1 aliphatic heterocycles. The number of hydrogen-bond acceptors (Lipinski definition) is 5. The lowest BCUT2D eigenvalue weighted by Gasteiger charge is -2.14. The normalized spacial score (nSPS) is 13.7. The van der Waals surface area contributed by atoms with Crippen LogP contribution in [0.5, 0.6) is 0 Å². The van der Waals surface area contributed by atoms with E-state index in [4.69, 9.17) is 4.74 Å². The lowest BCUT2D eigenvalue weighted by Crippen LogP contribution is -2.37. The van der Waals surface area contributed by atoms with Gasteiger partial charge in [0.1, 0.15) is 0 Å². The molecule has 7 nitrogen and oxygen atoms in total. The van der Waals surface area contributed by atoms with E-state index in [0.29, 0.717) is 11.3 Å². The highest BCUT2D eigenvalue weighted by molar-refractivity contribution is 6.02. The Morgan fingerprint density at radius 2 is 1.67 bits per heavy atom. The second-order valence-corrected chi connectivity index (χ2v) is 7.56. The number of ether oxygens (including phenoxy) is 1. The third-order valence-electron chi connectivity index (χ3n) is 5.15. The molecule has 0 spiro atoms. The van der Waals surface area contributed by atoms with Crippen molar-refractivity contribution in [1.29, 1.82) is 0 Å². The Morgan fingerprint density at radius 1 is 0.967 bits per heavy atom. The number of nitrogens with one attached hydrogen (secondary N) is 2. The number of esters is 1. The van der Waals surface area contributed by atoms with Crippen LogP contribution in [0.4, 0.5) is 10.5 Å². The van der Waals surface area contributed by atoms with Crippen molar-refractivity contribution in [3.63, 3.8) is 0 Å². The van der Waals surface area contributed by atoms with E-state index in [0.717, 1.165) is 36.3 Å². The SMILES string of the molecule is Cc1ccc(NC(=O)NC(=O)COC(=O)c2ccc(CN3CCCC3)cc2)cc1C. The maximum atomic E-state index is 12.1. The van der Waals surface area contributed by atoms with Gasteiger partial charge in [-0.15, -0.1) is 0 Å². The lowest BCUT2D eigenvalue weighted by atomic mass is 10.1. The molecular formula is C23H27N3O4. The van der Waals surface area contributed by atoms with Gasteiger partial charge in [0.05, 0.1) is 5.56 Å². The Morgan fingerprint density at radius 3 is 2.33 bits per heavy atom. The fraction of sp³-hybridized carbons (Fsp3) is 0.348. The molecule has 1 fully saturated rings. The van der Waals surface area contributed by atoms with Crippen LogP contribution in [0.1, 0.15) is 39.9 Å². The number of amides is 3. The maximum absolute atomic E-state index is 12.1. The first-order chi connectivity index (χ1) is 14.4. The molecule has 158 valence electrons. The van der Waals surface area contributed by atoms with Crippen LogP contribution in [-0.4, -0.2) is 42.5 Å². The zero-order chi connectivity index (χ0) is 21.5. The van der Waals surface area contributed by atoms with Gasteiger partial charge in [-0.1, -0.05) is 18.2 Å². The summed E-state index contributed by atoms with van der Waals surface area (Å²) in [4.78, 5) is 38.3. The number of carbonyl (C=O) groups is 3. The molecule has 2 aromatic carbocycles. The average Bonchev–Trinajstić information content (AvgIpc) is 3.22. The number of hydrogen-bond donors (Lipinski definition) is 2. The average molecular weight is 409 g/mol. The predicted molar refractivity (Wildman–Crippen MR) is 114 cm³/mol. The first-order valence-corrected chi connectivity index (χ1v) is 10.1. The predicted octanol–water partition coefficient (Wildman–Crippen LogP) is 3.40. The molecule has 0 unspecified atom stereocenters. The van der Waals surface area contributed by atoms with E-state index in [1.807, 2.05) is 38.1 Å². The highest BCUT2D eigenvalue weighted by Crippen LogP contribution is 2.15. The zero-order valence-electron chi connectivity index (χ0n) is 17.4. The van der Waals surface area contributed by atoms with Gasteiger partial charge >= 0.3 is 12.0 Å². The van der Waals surface area contributed by atoms with E-state index >= 15 is 0 Å². The Bertz CT molecular complexity index is 919. The smallest absolute Gasteiger partial charge is 0.338 e. The van der Waals surface area contributed by atoms with E-state index in [1.54, 1.807) is 18.2 Å². The van der Waals surface area contributed by atoms with Gasteiger partial charge < -0.3 is 10.1 Å². The van der Waals surface area contributed by atoms with Gasteiger partial charge in [0.25, 0.3) is 5.91 Å². The molecule has 3 amide bonds. The molecule has 0 bridgehead atoms. The standard InChI is InChI=1S/C23H27N3O4/c1-16-5-10-20(13-17(16)2)24-23(29)25-21(27)15-30-22(28)19-8-6-18(7-9-19)14-26-11-3-4-12-26/h5-10,13H,3-4,11-12,14-15H2,1-2H3,(H2,24,25,27,29). The van der Waals surface area contributed by atoms with Crippen molar-refractivity contribution in [3.05, 3.63) is 64.7 Å². The Hall–Kier alpha value is -3.19. The molecule has 0 aliphatic carbocycles. The van der Waals surface area contributed by atoms with Crippen molar-refractivity contribution >= 4 is 23.6 Å². The van der Waals surface area contributed by atoms with Crippen molar-refractivity contribution in [2.45, 2.75) is 33.2 Å². The molecule has 3 rings (SSSR count). The molecule has 2 N–H and O–H groups in total. The number of rotatable bonds is 6. The van der Waals surface area contributed by atoms with Gasteiger partial charge in [0.15, 0.2) is 6.61 Å². The third kappa shape index (κ3) is 6.15. The molecule has 0 aromatic heterocycles. The summed E-state index contributed by atoms with van der Waals surface area (Å²) in [5, 5.41) is 4.73. The summed E-state index contributed by atoms with van der Waals surface area (Å²) in [6, 6.07) is 11.9. The monoisotopic (exact) mass is 409 g/mol. The van der Waals surface area contributed by atoms with Gasteiger partial charge in [0.2, 0.25) is 0 Å². The van der Waals surface area contributed by atoms with Gasteiger partial charge in [-0.05, 0) is 80.7 Å². The minimum absolute atomic E-state index is 0.368. The Balaban J connectivity index is 1.42. The van der Waals surface area contributed by atoms with E-state index in [1.165, 1.54) is 12.8 Å². The van der Waals surface area contributed by atoms with Crippen molar-refractivity contribution in [2.75, 3.05) is 25.0 Å². The number of anilines is 1. The third-order valence-corrected chi connectivity index (χ3v) is 5.15. The molecule has 1 aliphatic rings.